The number of ether oxygens (including phenoxy) is 4. The van der Waals surface area contributed by atoms with Gasteiger partial charge in [-0.1, -0.05) is 45.1 Å². The second kappa shape index (κ2) is 17.9. The lowest BCUT2D eigenvalue weighted by Gasteiger charge is -2.17. The van der Waals surface area contributed by atoms with E-state index in [1.54, 1.807) is 18.2 Å². The molecule has 0 N–H and O–H groups in total. The van der Waals surface area contributed by atoms with Gasteiger partial charge in [0.05, 0.1) is 45.2 Å². The summed E-state index contributed by atoms with van der Waals surface area (Å²) in [6, 6.07) is 7.14. The fourth-order valence-electron chi connectivity index (χ4n) is 2.55. The predicted molar refractivity (Wildman–Crippen MR) is 119 cm³/mol. The first-order valence-electron chi connectivity index (χ1n) is 10.9. The maximum absolute atomic E-state index is 12.0. The largest absolute Gasteiger partial charge is 0.462 e. The average molecular weight is 420 g/mol. The first kappa shape index (κ1) is 26.1. The fraction of sp³-hybridized carbons (Fsp3) is 0.625. The third-order valence-electron chi connectivity index (χ3n) is 4.43. The summed E-state index contributed by atoms with van der Waals surface area (Å²) in [6.07, 6.45) is 1.87. The van der Waals surface area contributed by atoms with Gasteiger partial charge in [-0.2, -0.15) is 0 Å². The van der Waals surface area contributed by atoms with Crippen LogP contribution >= 0.6 is 0 Å². The predicted octanol–water partition coefficient (Wildman–Crippen LogP) is 3.39. The van der Waals surface area contributed by atoms with Gasteiger partial charge in [0.2, 0.25) is 0 Å². The van der Waals surface area contributed by atoms with Crippen LogP contribution in [0.15, 0.2) is 24.3 Å². The van der Waals surface area contributed by atoms with Crippen LogP contribution in [-0.2, 0) is 18.9 Å². The number of carbonyl (C=O) groups excluding carboxylic acids is 1. The van der Waals surface area contributed by atoms with Crippen LogP contribution in [0, 0.1) is 11.8 Å². The summed E-state index contributed by atoms with van der Waals surface area (Å²) in [7, 11) is 0. The molecule has 0 radical (unpaired) electrons. The second-order valence-electron chi connectivity index (χ2n) is 6.68. The van der Waals surface area contributed by atoms with Crippen LogP contribution in [-0.4, -0.2) is 76.8 Å². The summed E-state index contributed by atoms with van der Waals surface area (Å²) < 4.78 is 21.7. The van der Waals surface area contributed by atoms with Crippen molar-refractivity contribution in [3.8, 4) is 11.8 Å². The lowest BCUT2D eigenvalue weighted by atomic mass is 10.1. The number of nitrogens with zero attached hydrogens (tertiary/aromatic N) is 1. The standard InChI is InChI=1S/C24H37NO5/c1-4-7-15-30-24(26)23-12-8-10-22(21-23)11-9-14-27-17-19-29-20-18-28-16-13-25(5-2)6-3/h8,10,12,21H,4-7,13-20H2,1-3H3. The number of likely N-dealkylation sites (N-methyl/N-ethyl adjacent to an activating group) is 1. The summed E-state index contributed by atoms with van der Waals surface area (Å²) in [4.78, 5) is 14.3. The smallest absolute Gasteiger partial charge is 0.338 e. The molecule has 1 rings (SSSR count). The summed E-state index contributed by atoms with van der Waals surface area (Å²) in [5.74, 6) is 5.65. The van der Waals surface area contributed by atoms with E-state index in [0.29, 0.717) is 45.2 Å². The molecule has 168 valence electrons. The second-order valence-corrected chi connectivity index (χ2v) is 6.68. The monoisotopic (exact) mass is 419 g/mol. The van der Waals surface area contributed by atoms with Crippen LogP contribution < -0.4 is 0 Å². The van der Waals surface area contributed by atoms with Gasteiger partial charge in [0.1, 0.15) is 6.61 Å². The molecule has 0 aliphatic heterocycles. The molecule has 30 heavy (non-hydrogen) atoms. The minimum absolute atomic E-state index is 0.308. The molecule has 0 atom stereocenters. The molecule has 1 aromatic carbocycles. The molecule has 0 saturated carbocycles. The van der Waals surface area contributed by atoms with E-state index in [0.717, 1.165) is 44.6 Å². The van der Waals surface area contributed by atoms with Crippen LogP contribution in [0.2, 0.25) is 0 Å². The van der Waals surface area contributed by atoms with Gasteiger partial charge < -0.3 is 23.8 Å². The average Bonchev–Trinajstić information content (AvgIpc) is 2.77. The van der Waals surface area contributed by atoms with Crippen LogP contribution in [0.4, 0.5) is 0 Å². The summed E-state index contributed by atoms with van der Waals surface area (Å²) in [6.45, 7) is 13.1. The Morgan fingerprint density at radius 2 is 1.63 bits per heavy atom. The van der Waals surface area contributed by atoms with Gasteiger partial charge in [0.25, 0.3) is 0 Å². The molecule has 6 heteroatoms. The molecular weight excluding hydrogens is 382 g/mol. The Morgan fingerprint density at radius 3 is 2.33 bits per heavy atom. The van der Waals surface area contributed by atoms with Gasteiger partial charge in [0.15, 0.2) is 0 Å². The van der Waals surface area contributed by atoms with E-state index in [1.165, 1.54) is 0 Å². The Bertz CT molecular complexity index is 634. The lowest BCUT2D eigenvalue weighted by Crippen LogP contribution is -2.27. The molecule has 0 fully saturated rings. The highest BCUT2D eigenvalue weighted by Gasteiger charge is 2.06. The van der Waals surface area contributed by atoms with E-state index in [2.05, 4.69) is 37.5 Å². The summed E-state index contributed by atoms with van der Waals surface area (Å²) in [5.41, 5.74) is 1.29. The lowest BCUT2D eigenvalue weighted by molar-refractivity contribution is 0.0160. The van der Waals surface area contributed by atoms with Crippen molar-refractivity contribution in [2.24, 2.45) is 0 Å². The van der Waals surface area contributed by atoms with Gasteiger partial charge in [-0.3, -0.25) is 0 Å². The molecule has 1 aromatic rings. The quantitative estimate of drug-likeness (QED) is 0.233. The highest BCUT2D eigenvalue weighted by atomic mass is 16.5. The van der Waals surface area contributed by atoms with Crippen LogP contribution in [0.1, 0.15) is 49.5 Å². The Labute approximate surface area is 181 Å². The molecule has 0 aromatic heterocycles. The van der Waals surface area contributed by atoms with Gasteiger partial charge in [-0.15, -0.1) is 0 Å². The van der Waals surface area contributed by atoms with E-state index in [4.69, 9.17) is 18.9 Å². The van der Waals surface area contributed by atoms with Crippen LogP contribution in [0.25, 0.3) is 0 Å². The molecule has 0 aliphatic carbocycles. The zero-order valence-electron chi connectivity index (χ0n) is 18.8. The van der Waals surface area contributed by atoms with E-state index in [-0.39, 0.29) is 5.97 Å². The Kier molecular flexibility index (Phi) is 15.6. The normalized spacial score (nSPS) is 10.7. The van der Waals surface area contributed by atoms with Crippen molar-refractivity contribution in [1.29, 1.82) is 0 Å². The van der Waals surface area contributed by atoms with Crippen molar-refractivity contribution in [2.45, 2.75) is 33.6 Å². The number of esters is 1. The highest BCUT2D eigenvalue weighted by molar-refractivity contribution is 5.89. The molecule has 0 bridgehead atoms. The van der Waals surface area contributed by atoms with E-state index in [1.807, 2.05) is 6.07 Å². The minimum Gasteiger partial charge on any atom is -0.462 e. The van der Waals surface area contributed by atoms with Crippen molar-refractivity contribution >= 4 is 5.97 Å². The van der Waals surface area contributed by atoms with Crippen molar-refractivity contribution in [2.75, 3.05) is 65.9 Å². The van der Waals surface area contributed by atoms with Crippen molar-refractivity contribution in [1.82, 2.24) is 4.90 Å². The SMILES string of the molecule is CCCCOC(=O)c1cccc(C#CCOCCOCCOCCN(CC)CC)c1. The molecule has 0 aliphatic rings. The zero-order valence-corrected chi connectivity index (χ0v) is 18.8. The molecule has 6 nitrogen and oxygen atoms in total. The van der Waals surface area contributed by atoms with Crippen molar-refractivity contribution in [3.05, 3.63) is 35.4 Å². The highest BCUT2D eigenvalue weighted by Crippen LogP contribution is 2.06. The van der Waals surface area contributed by atoms with Crippen molar-refractivity contribution in [3.63, 3.8) is 0 Å². The third-order valence-corrected chi connectivity index (χ3v) is 4.43. The first-order valence-corrected chi connectivity index (χ1v) is 10.9. The number of benzene rings is 1. The molecule has 0 spiro atoms. The van der Waals surface area contributed by atoms with Crippen molar-refractivity contribution < 1.29 is 23.7 Å². The molecule has 0 unspecified atom stereocenters. The van der Waals surface area contributed by atoms with Gasteiger partial charge in [-0.05, 0) is 37.7 Å². The molecule has 0 amide bonds. The maximum Gasteiger partial charge on any atom is 0.338 e. The number of unbranched alkanes of at least 4 members (excludes halogenated alkanes) is 1. The fourth-order valence-corrected chi connectivity index (χ4v) is 2.55. The topological polar surface area (TPSA) is 57.2 Å². The van der Waals surface area contributed by atoms with E-state index in [9.17, 15) is 4.79 Å². The summed E-state index contributed by atoms with van der Waals surface area (Å²) >= 11 is 0. The molecule has 0 heterocycles. The van der Waals surface area contributed by atoms with Gasteiger partial charge in [-0.25, -0.2) is 4.79 Å². The Morgan fingerprint density at radius 1 is 0.933 bits per heavy atom. The third kappa shape index (κ3) is 12.6. The number of carbonyl (C=O) groups is 1. The Balaban J connectivity index is 2.10. The minimum atomic E-state index is -0.308. The van der Waals surface area contributed by atoms with Crippen LogP contribution in [0.3, 0.4) is 0 Å². The Hall–Kier alpha value is -1.91. The zero-order chi connectivity index (χ0) is 21.9. The molecule has 0 saturated heterocycles. The first-order chi connectivity index (χ1) is 14.7. The van der Waals surface area contributed by atoms with Crippen LogP contribution in [0.5, 0.6) is 0 Å². The number of hydrogen-bond donors (Lipinski definition) is 0. The van der Waals surface area contributed by atoms with E-state index < -0.39 is 0 Å². The summed E-state index contributed by atoms with van der Waals surface area (Å²) in [5, 5.41) is 0. The van der Waals surface area contributed by atoms with E-state index >= 15 is 0 Å². The molecular formula is C24H37NO5. The maximum atomic E-state index is 12.0. The van der Waals surface area contributed by atoms with Gasteiger partial charge in [0, 0.05) is 12.1 Å². The number of hydrogen-bond acceptors (Lipinski definition) is 6. The van der Waals surface area contributed by atoms with Gasteiger partial charge >= 0.3 is 5.97 Å². The number of rotatable bonds is 16.